The molecule has 0 aliphatic carbocycles. The van der Waals surface area contributed by atoms with Gasteiger partial charge in [-0.1, -0.05) is 47.8 Å². The molecule has 0 bridgehead atoms. The van der Waals surface area contributed by atoms with E-state index < -0.39 is 0 Å². The molecule has 0 atom stereocenters. The van der Waals surface area contributed by atoms with Crippen molar-refractivity contribution in [3.05, 3.63) is 65.2 Å². The fourth-order valence-electron chi connectivity index (χ4n) is 1.67. The second-order valence-corrected chi connectivity index (χ2v) is 5.21. The van der Waals surface area contributed by atoms with E-state index in [-0.39, 0.29) is 9.13 Å². The highest BCUT2D eigenvalue weighted by atomic mass is 28.2. The predicted octanol–water partition coefficient (Wildman–Crippen LogP) is 1.56. The topological polar surface area (TPSA) is 0 Å². The lowest BCUT2D eigenvalue weighted by atomic mass is 10.1. The fourth-order valence-corrected chi connectivity index (χ4v) is 2.69. The van der Waals surface area contributed by atoms with Crippen LogP contribution in [-0.2, 0) is 0 Å². The van der Waals surface area contributed by atoms with Crippen LogP contribution in [0.2, 0.25) is 0 Å². The van der Waals surface area contributed by atoms with Gasteiger partial charge in [0.25, 0.3) is 0 Å². The predicted molar refractivity (Wildman–Crippen MR) is 80.7 cm³/mol. The van der Waals surface area contributed by atoms with Crippen molar-refractivity contribution in [1.29, 1.82) is 0 Å². The Morgan fingerprint density at radius 2 is 1.50 bits per heavy atom. The molecule has 1 heteroatoms. The zero-order valence-corrected chi connectivity index (χ0v) is 11.1. The van der Waals surface area contributed by atoms with E-state index in [0.29, 0.717) is 0 Å². The summed E-state index contributed by atoms with van der Waals surface area (Å²) in [5.41, 5.74) is 5.00. The Balaban J connectivity index is 2.33. The lowest BCUT2D eigenvalue weighted by molar-refractivity contribution is 1.59. The van der Waals surface area contributed by atoms with Crippen LogP contribution in [0.1, 0.15) is 16.7 Å². The molecule has 18 heavy (non-hydrogen) atoms. The van der Waals surface area contributed by atoms with Crippen LogP contribution < -0.4 is 5.19 Å². The number of rotatable bonds is 2. The average Bonchev–Trinajstić information content (AvgIpc) is 2.45. The Labute approximate surface area is 110 Å². The zero-order valence-electron chi connectivity index (χ0n) is 9.93. The Morgan fingerprint density at radius 3 is 2.06 bits per heavy atom. The minimum Gasteiger partial charge on any atom is -0.115 e. The van der Waals surface area contributed by atoms with Crippen molar-refractivity contribution in [2.45, 2.75) is 0 Å². The van der Waals surface area contributed by atoms with Gasteiger partial charge in [0.1, 0.15) is 0 Å². The van der Waals surface area contributed by atoms with Crippen molar-refractivity contribution in [2.75, 3.05) is 0 Å². The maximum Gasteiger partial charge on any atom is 0.0299 e. The highest BCUT2D eigenvalue weighted by Crippen LogP contribution is 2.06. The largest absolute Gasteiger partial charge is 0.115 e. The Bertz CT molecular complexity index is 620. The molecule has 84 valence electrons. The molecule has 0 nitrogen and oxygen atoms in total. The third kappa shape index (κ3) is 3.07. The van der Waals surface area contributed by atoms with Crippen LogP contribution in [0.3, 0.4) is 0 Å². The first kappa shape index (κ1) is 12.1. The normalized spacial score (nSPS) is 9.89. The standard InChI is InChI=1S/C17H12Si/c1-3-14-10-15(4-2)12-16(11-14)13-18-17-8-6-5-7-9-17/h1-2,5-13,18H. The second kappa shape index (κ2) is 5.82. The molecule has 0 fully saturated rings. The van der Waals surface area contributed by atoms with Crippen molar-refractivity contribution in [3.63, 3.8) is 0 Å². The van der Waals surface area contributed by atoms with Crippen LogP contribution in [0.5, 0.6) is 0 Å². The van der Waals surface area contributed by atoms with Crippen LogP contribution in [0.4, 0.5) is 0 Å². The summed E-state index contributed by atoms with van der Waals surface area (Å²) in [5.74, 6) is 5.27. The first-order valence-corrected chi connectivity index (χ1v) is 6.87. The van der Waals surface area contributed by atoms with Crippen LogP contribution in [0.25, 0.3) is 0 Å². The van der Waals surface area contributed by atoms with Gasteiger partial charge < -0.3 is 0 Å². The molecule has 2 aromatic rings. The fraction of sp³-hybridized carbons (Fsp3) is 0. The molecular weight excluding hydrogens is 232 g/mol. The second-order valence-electron chi connectivity index (χ2n) is 3.88. The molecule has 0 radical (unpaired) electrons. The highest BCUT2D eigenvalue weighted by Gasteiger charge is 1.95. The van der Waals surface area contributed by atoms with Crippen molar-refractivity contribution >= 4 is 20.0 Å². The van der Waals surface area contributed by atoms with Gasteiger partial charge in [-0.25, -0.2) is 0 Å². The van der Waals surface area contributed by atoms with E-state index in [4.69, 9.17) is 12.8 Å². The van der Waals surface area contributed by atoms with E-state index in [1.54, 1.807) is 0 Å². The minimum atomic E-state index is 0.0981. The van der Waals surface area contributed by atoms with Gasteiger partial charge in [-0.3, -0.25) is 0 Å². The smallest absolute Gasteiger partial charge is 0.0299 e. The van der Waals surface area contributed by atoms with E-state index in [1.807, 2.05) is 24.3 Å². The van der Waals surface area contributed by atoms with Crippen LogP contribution >= 0.6 is 0 Å². The molecule has 0 saturated carbocycles. The summed E-state index contributed by atoms with van der Waals surface area (Å²) in [5, 5.41) is 1.35. The molecule has 2 rings (SSSR count). The summed E-state index contributed by atoms with van der Waals surface area (Å²) in [6.07, 6.45) is 10.8. The monoisotopic (exact) mass is 244 g/mol. The maximum atomic E-state index is 5.42. The third-order valence-corrected chi connectivity index (χ3v) is 3.88. The Morgan fingerprint density at radius 1 is 0.889 bits per heavy atom. The van der Waals surface area contributed by atoms with Crippen molar-refractivity contribution in [3.8, 4) is 24.7 Å². The molecule has 0 saturated heterocycles. The first-order valence-electron chi connectivity index (χ1n) is 5.63. The van der Waals surface area contributed by atoms with Gasteiger partial charge in [-0.15, -0.1) is 12.8 Å². The minimum absolute atomic E-state index is 0.0981. The summed E-state index contributed by atoms with van der Waals surface area (Å²) in [6, 6.07) is 16.3. The van der Waals surface area contributed by atoms with Gasteiger partial charge in [0, 0.05) is 20.3 Å². The van der Waals surface area contributed by atoms with Gasteiger partial charge in [0.2, 0.25) is 0 Å². The van der Waals surface area contributed by atoms with E-state index >= 15 is 0 Å². The maximum absolute atomic E-state index is 5.42. The van der Waals surface area contributed by atoms with Gasteiger partial charge in [-0.05, 0) is 28.9 Å². The van der Waals surface area contributed by atoms with Gasteiger partial charge in [0.15, 0.2) is 0 Å². The van der Waals surface area contributed by atoms with Crippen LogP contribution in [0.15, 0.2) is 48.5 Å². The van der Waals surface area contributed by atoms with Crippen LogP contribution in [-0.4, -0.2) is 14.8 Å². The Hall–Kier alpha value is -2.35. The van der Waals surface area contributed by atoms with Crippen molar-refractivity contribution in [2.24, 2.45) is 0 Å². The van der Waals surface area contributed by atoms with Gasteiger partial charge in [0.05, 0.1) is 0 Å². The third-order valence-electron chi connectivity index (χ3n) is 2.56. The van der Waals surface area contributed by atoms with E-state index in [1.165, 1.54) is 5.19 Å². The summed E-state index contributed by atoms with van der Waals surface area (Å²) in [7, 11) is 0.0981. The van der Waals surface area contributed by atoms with E-state index in [9.17, 15) is 0 Å². The Kier molecular flexibility index (Phi) is 3.92. The SMILES string of the molecule is C#Cc1cc(C#C)cc(C=[SiH]c2ccccc2)c1. The highest BCUT2D eigenvalue weighted by molar-refractivity contribution is 6.63. The number of benzene rings is 2. The molecule has 0 aliphatic heterocycles. The summed E-state index contributed by atoms with van der Waals surface area (Å²) in [4.78, 5) is 0. The number of terminal acetylenes is 2. The molecular formula is C17H12Si. The average molecular weight is 244 g/mol. The molecule has 0 spiro atoms. The zero-order chi connectivity index (χ0) is 12.8. The summed E-state index contributed by atoms with van der Waals surface area (Å²) >= 11 is 0. The quantitative estimate of drug-likeness (QED) is 0.555. The van der Waals surface area contributed by atoms with E-state index in [2.05, 4.69) is 41.8 Å². The molecule has 0 amide bonds. The van der Waals surface area contributed by atoms with Crippen molar-refractivity contribution in [1.82, 2.24) is 0 Å². The molecule has 2 aromatic carbocycles. The van der Waals surface area contributed by atoms with Gasteiger partial charge >= 0.3 is 0 Å². The molecule has 0 heterocycles. The molecule has 0 N–H and O–H groups in total. The molecule has 0 aromatic heterocycles. The molecule has 0 unspecified atom stereocenters. The first-order chi connectivity index (χ1) is 8.81. The summed E-state index contributed by atoms with van der Waals surface area (Å²) in [6.45, 7) is 0. The van der Waals surface area contributed by atoms with E-state index in [0.717, 1.165) is 16.7 Å². The molecule has 0 aliphatic rings. The lowest BCUT2D eigenvalue weighted by Crippen LogP contribution is -2.08. The van der Waals surface area contributed by atoms with Crippen LogP contribution in [0, 0.1) is 24.7 Å². The number of hydrogen-bond donors (Lipinski definition) is 0. The van der Waals surface area contributed by atoms with Crippen molar-refractivity contribution < 1.29 is 0 Å². The van der Waals surface area contributed by atoms with Gasteiger partial charge in [-0.2, -0.15) is 0 Å². The number of hydrogen-bond acceptors (Lipinski definition) is 0. The summed E-state index contributed by atoms with van der Waals surface area (Å²) < 4.78 is 0. The lowest BCUT2D eigenvalue weighted by Gasteiger charge is -1.99.